The summed E-state index contributed by atoms with van der Waals surface area (Å²) in [7, 11) is 0. The highest BCUT2D eigenvalue weighted by molar-refractivity contribution is 8.23. The molecular weight excluding hydrogens is 254 g/mol. The number of aliphatic hydroxyl groups is 2. The van der Waals surface area contributed by atoms with Crippen LogP contribution in [0.25, 0.3) is 0 Å². The Morgan fingerprint density at radius 1 is 1.53 bits per heavy atom. The number of thiocarbonyl (C=S) groups is 1. The summed E-state index contributed by atoms with van der Waals surface area (Å²) in [6, 6.07) is 0.101. The highest BCUT2D eigenvalue weighted by atomic mass is 32.2. The molecule has 2 N–H and O–H groups in total. The number of hydrogen-bond donors (Lipinski definition) is 2. The molecule has 3 nitrogen and oxygen atoms in total. The SMILES string of the molecule is C=C[C@H](O)C(C)(O)N1C(=S)SC[C@@H]1C(C)(C)C. The van der Waals surface area contributed by atoms with Crippen molar-refractivity contribution in [3.63, 3.8) is 0 Å². The van der Waals surface area contributed by atoms with Crippen LogP contribution in [0.4, 0.5) is 0 Å². The summed E-state index contributed by atoms with van der Waals surface area (Å²) in [6.45, 7) is 11.4. The standard InChI is InChI=1S/C12H21NO2S2/c1-6-9(14)12(5,15)13-8(11(2,3)4)7-17-10(13)16/h6,8-9,14-15H,1,7H2,2-5H3/t8-,9+,12?/m1/s1. The molecule has 0 aromatic heterocycles. The van der Waals surface area contributed by atoms with Crippen LogP contribution in [0, 0.1) is 5.41 Å². The maximum Gasteiger partial charge on any atom is 0.166 e. The lowest BCUT2D eigenvalue weighted by molar-refractivity contribution is -0.139. The summed E-state index contributed by atoms with van der Waals surface area (Å²) < 4.78 is 0.635. The smallest absolute Gasteiger partial charge is 0.166 e. The molecule has 1 fully saturated rings. The van der Waals surface area contributed by atoms with Gasteiger partial charge >= 0.3 is 0 Å². The van der Waals surface area contributed by atoms with Crippen molar-refractivity contribution >= 4 is 28.3 Å². The summed E-state index contributed by atoms with van der Waals surface area (Å²) >= 11 is 6.83. The van der Waals surface area contributed by atoms with E-state index in [2.05, 4.69) is 27.4 Å². The molecule has 0 aliphatic carbocycles. The third-order valence-corrected chi connectivity index (χ3v) is 4.62. The van der Waals surface area contributed by atoms with Crippen LogP contribution >= 0.6 is 24.0 Å². The second kappa shape index (κ2) is 4.88. The minimum atomic E-state index is -1.40. The van der Waals surface area contributed by atoms with Gasteiger partial charge in [0.15, 0.2) is 5.72 Å². The molecule has 1 aliphatic heterocycles. The van der Waals surface area contributed by atoms with Crippen molar-refractivity contribution in [2.24, 2.45) is 5.41 Å². The minimum absolute atomic E-state index is 0.0154. The summed E-state index contributed by atoms with van der Waals surface area (Å²) in [6.07, 6.45) is 0.315. The van der Waals surface area contributed by atoms with E-state index in [0.717, 1.165) is 5.75 Å². The van der Waals surface area contributed by atoms with E-state index in [9.17, 15) is 10.2 Å². The molecule has 98 valence electrons. The van der Waals surface area contributed by atoms with Gasteiger partial charge in [0.2, 0.25) is 0 Å². The second-order valence-corrected chi connectivity index (χ2v) is 7.26. The van der Waals surface area contributed by atoms with E-state index in [1.807, 2.05) is 0 Å². The zero-order valence-corrected chi connectivity index (χ0v) is 12.4. The first-order valence-electron chi connectivity index (χ1n) is 5.61. The molecule has 0 bridgehead atoms. The fraction of sp³-hybridized carbons (Fsp3) is 0.750. The Labute approximate surface area is 113 Å². The Balaban J connectivity index is 3.08. The molecule has 0 amide bonds. The first kappa shape index (κ1) is 15.0. The zero-order chi connectivity index (χ0) is 13.4. The van der Waals surface area contributed by atoms with Crippen molar-refractivity contribution in [2.75, 3.05) is 5.75 Å². The number of nitrogens with zero attached hydrogens (tertiary/aromatic N) is 1. The van der Waals surface area contributed by atoms with Crippen molar-refractivity contribution in [1.29, 1.82) is 0 Å². The highest BCUT2D eigenvalue weighted by Crippen LogP contribution is 2.40. The van der Waals surface area contributed by atoms with Gasteiger partial charge in [0.1, 0.15) is 10.4 Å². The topological polar surface area (TPSA) is 43.7 Å². The maximum atomic E-state index is 10.5. The van der Waals surface area contributed by atoms with Crippen LogP contribution in [0.1, 0.15) is 27.7 Å². The summed E-state index contributed by atoms with van der Waals surface area (Å²) in [4.78, 5) is 1.75. The fourth-order valence-corrected chi connectivity index (χ4v) is 3.84. The van der Waals surface area contributed by atoms with Gasteiger partial charge in [0.05, 0.1) is 0 Å². The van der Waals surface area contributed by atoms with E-state index in [1.54, 1.807) is 23.6 Å². The summed E-state index contributed by atoms with van der Waals surface area (Å²) in [5.41, 5.74) is -1.42. The Hall–Kier alpha value is -0.100. The van der Waals surface area contributed by atoms with E-state index >= 15 is 0 Å². The number of rotatable bonds is 3. The van der Waals surface area contributed by atoms with E-state index in [-0.39, 0.29) is 11.5 Å². The van der Waals surface area contributed by atoms with Gasteiger partial charge in [0.25, 0.3) is 0 Å². The van der Waals surface area contributed by atoms with Gasteiger partial charge in [-0.1, -0.05) is 50.8 Å². The van der Waals surface area contributed by atoms with Gasteiger partial charge < -0.3 is 15.1 Å². The van der Waals surface area contributed by atoms with Crippen LogP contribution in [0.5, 0.6) is 0 Å². The molecule has 1 heterocycles. The van der Waals surface area contributed by atoms with Crippen molar-refractivity contribution in [1.82, 2.24) is 4.90 Å². The largest absolute Gasteiger partial charge is 0.384 e. The molecule has 1 saturated heterocycles. The predicted octanol–water partition coefficient (Wildman–Crippen LogP) is 1.99. The third kappa shape index (κ3) is 2.84. The van der Waals surface area contributed by atoms with Crippen molar-refractivity contribution < 1.29 is 10.2 Å². The Morgan fingerprint density at radius 3 is 2.47 bits per heavy atom. The second-order valence-electron chi connectivity index (χ2n) is 5.60. The molecule has 3 atom stereocenters. The van der Waals surface area contributed by atoms with Gasteiger partial charge in [0, 0.05) is 11.8 Å². The summed E-state index contributed by atoms with van der Waals surface area (Å²) in [5.74, 6) is 0.836. The van der Waals surface area contributed by atoms with E-state index < -0.39 is 11.8 Å². The van der Waals surface area contributed by atoms with Crippen LogP contribution in [0.15, 0.2) is 12.7 Å². The fourth-order valence-electron chi connectivity index (χ4n) is 1.92. The van der Waals surface area contributed by atoms with Gasteiger partial charge in [-0.25, -0.2) is 0 Å². The van der Waals surface area contributed by atoms with Crippen LogP contribution in [0.2, 0.25) is 0 Å². The lowest BCUT2D eigenvalue weighted by atomic mass is 9.85. The van der Waals surface area contributed by atoms with Crippen molar-refractivity contribution in [2.45, 2.75) is 45.6 Å². The van der Waals surface area contributed by atoms with Crippen molar-refractivity contribution in [3.8, 4) is 0 Å². The van der Waals surface area contributed by atoms with Gasteiger partial charge in [-0.05, 0) is 12.3 Å². The number of thioether (sulfide) groups is 1. The Bertz CT molecular complexity index is 323. The molecule has 17 heavy (non-hydrogen) atoms. The van der Waals surface area contributed by atoms with Crippen LogP contribution in [0.3, 0.4) is 0 Å². The lowest BCUT2D eigenvalue weighted by Crippen LogP contribution is -2.60. The lowest BCUT2D eigenvalue weighted by Gasteiger charge is -2.45. The molecule has 1 aliphatic rings. The number of aliphatic hydroxyl groups excluding tert-OH is 1. The molecule has 0 saturated carbocycles. The van der Waals surface area contributed by atoms with Crippen LogP contribution < -0.4 is 0 Å². The van der Waals surface area contributed by atoms with Gasteiger partial charge in [-0.3, -0.25) is 0 Å². The Kier molecular flexibility index (Phi) is 4.29. The van der Waals surface area contributed by atoms with Gasteiger partial charge in [-0.15, -0.1) is 6.58 Å². The first-order valence-corrected chi connectivity index (χ1v) is 7.01. The van der Waals surface area contributed by atoms with Crippen molar-refractivity contribution in [3.05, 3.63) is 12.7 Å². The predicted molar refractivity (Wildman–Crippen MR) is 77.0 cm³/mol. The molecule has 0 aromatic rings. The van der Waals surface area contributed by atoms with E-state index in [0.29, 0.717) is 4.32 Å². The normalized spacial score (nSPS) is 26.8. The zero-order valence-electron chi connectivity index (χ0n) is 10.8. The van der Waals surface area contributed by atoms with Crippen LogP contribution in [-0.2, 0) is 0 Å². The monoisotopic (exact) mass is 275 g/mol. The molecular formula is C12H21NO2S2. The molecule has 1 rings (SSSR count). The average molecular weight is 275 g/mol. The molecule has 0 radical (unpaired) electrons. The minimum Gasteiger partial charge on any atom is -0.384 e. The van der Waals surface area contributed by atoms with E-state index in [4.69, 9.17) is 12.2 Å². The maximum absolute atomic E-state index is 10.5. The number of hydrogen-bond acceptors (Lipinski definition) is 4. The molecule has 1 unspecified atom stereocenters. The highest BCUT2D eigenvalue weighted by Gasteiger charge is 2.48. The third-order valence-electron chi connectivity index (χ3n) is 3.14. The molecule has 0 aromatic carbocycles. The molecule has 0 spiro atoms. The average Bonchev–Trinajstić information content (AvgIpc) is 2.58. The Morgan fingerprint density at radius 2 is 2.06 bits per heavy atom. The van der Waals surface area contributed by atoms with Crippen LogP contribution in [-0.4, -0.2) is 43.1 Å². The van der Waals surface area contributed by atoms with Gasteiger partial charge in [-0.2, -0.15) is 0 Å². The van der Waals surface area contributed by atoms with E-state index in [1.165, 1.54) is 6.08 Å². The molecule has 5 heteroatoms. The first-order chi connectivity index (χ1) is 7.62. The summed E-state index contributed by atoms with van der Waals surface area (Å²) in [5, 5.41) is 20.4. The quantitative estimate of drug-likeness (QED) is 0.609.